The summed E-state index contributed by atoms with van der Waals surface area (Å²) in [5, 5.41) is 3.28. The van der Waals surface area contributed by atoms with Gasteiger partial charge in [0.05, 0.1) is 0 Å². The number of hydrogen-bond donors (Lipinski definition) is 2. The zero-order chi connectivity index (χ0) is 10.7. The molecule has 15 heavy (non-hydrogen) atoms. The van der Waals surface area contributed by atoms with Crippen LogP contribution in [-0.4, -0.2) is 31.7 Å². The lowest BCUT2D eigenvalue weighted by molar-refractivity contribution is 0.622. The van der Waals surface area contributed by atoms with Gasteiger partial charge in [-0.05, 0) is 18.9 Å². The second-order valence-corrected chi connectivity index (χ2v) is 5.26. The first-order valence-corrected chi connectivity index (χ1v) is 6.43. The number of hydrogen-bond acceptors (Lipinski definition) is 5. The molecule has 0 aliphatic carbocycles. The molecule has 5 nitrogen and oxygen atoms in total. The largest absolute Gasteiger partial charge is 0.368 e. The monoisotopic (exact) mass is 226 g/mol. The van der Waals surface area contributed by atoms with Gasteiger partial charge < -0.3 is 11.1 Å². The van der Waals surface area contributed by atoms with E-state index in [0.29, 0.717) is 6.04 Å². The van der Waals surface area contributed by atoms with Gasteiger partial charge in [-0.25, -0.2) is 4.98 Å². The minimum atomic E-state index is -0.621. The summed E-state index contributed by atoms with van der Waals surface area (Å²) in [5.41, 5.74) is 5.47. The van der Waals surface area contributed by atoms with Crippen molar-refractivity contribution in [3.8, 4) is 0 Å². The molecule has 0 saturated carbocycles. The van der Waals surface area contributed by atoms with E-state index in [2.05, 4.69) is 15.3 Å². The first-order valence-electron chi connectivity index (χ1n) is 4.94. The first-order chi connectivity index (χ1) is 7.24. The molecule has 1 aliphatic heterocycles. The van der Waals surface area contributed by atoms with E-state index >= 15 is 0 Å². The summed E-state index contributed by atoms with van der Waals surface area (Å²) in [6.07, 6.45) is 3.48. The van der Waals surface area contributed by atoms with Crippen molar-refractivity contribution < 1.29 is 4.21 Å². The molecule has 0 aromatic carbocycles. The second-order valence-electron chi connectivity index (χ2n) is 3.57. The summed E-state index contributed by atoms with van der Waals surface area (Å²) in [4.78, 5) is 7.89. The summed E-state index contributed by atoms with van der Waals surface area (Å²) >= 11 is 0. The summed E-state index contributed by atoms with van der Waals surface area (Å²) < 4.78 is 11.2. The van der Waals surface area contributed by atoms with Gasteiger partial charge in [0.15, 0.2) is 0 Å². The highest BCUT2D eigenvalue weighted by atomic mass is 32.2. The fraction of sp³-hybridized carbons (Fsp3) is 0.556. The molecule has 2 rings (SSSR count). The van der Waals surface area contributed by atoms with Crippen molar-refractivity contribution in [2.24, 2.45) is 0 Å². The molecule has 1 aliphatic rings. The zero-order valence-corrected chi connectivity index (χ0v) is 9.17. The van der Waals surface area contributed by atoms with Crippen molar-refractivity contribution in [1.29, 1.82) is 0 Å². The molecule has 0 spiro atoms. The maximum absolute atomic E-state index is 11.2. The van der Waals surface area contributed by atoms with Gasteiger partial charge in [0.25, 0.3) is 0 Å². The second kappa shape index (κ2) is 4.57. The number of nitrogen functional groups attached to an aromatic ring is 1. The highest BCUT2D eigenvalue weighted by Crippen LogP contribution is 2.14. The van der Waals surface area contributed by atoms with Crippen molar-refractivity contribution in [3.05, 3.63) is 12.3 Å². The molecular formula is C9H14N4OS. The standard InChI is InChI=1S/C9H14N4OS/c10-9-11-4-1-8(13-9)12-7-2-5-15(14)6-3-7/h1,4,7H,2-3,5-6H2,(H3,10,11,12,13). The Balaban J connectivity index is 1.94. The number of nitrogens with one attached hydrogen (secondary N) is 1. The Kier molecular flexibility index (Phi) is 3.15. The van der Waals surface area contributed by atoms with Crippen LogP contribution in [0.2, 0.25) is 0 Å². The fourth-order valence-corrected chi connectivity index (χ4v) is 2.90. The van der Waals surface area contributed by atoms with Gasteiger partial charge >= 0.3 is 0 Å². The third-order valence-electron chi connectivity index (χ3n) is 2.41. The maximum Gasteiger partial charge on any atom is 0.221 e. The van der Waals surface area contributed by atoms with E-state index in [4.69, 9.17) is 5.73 Å². The van der Waals surface area contributed by atoms with Gasteiger partial charge in [-0.2, -0.15) is 4.98 Å². The van der Waals surface area contributed by atoms with Crippen molar-refractivity contribution >= 4 is 22.6 Å². The van der Waals surface area contributed by atoms with Crippen LogP contribution < -0.4 is 11.1 Å². The Bertz CT molecular complexity index is 361. The number of anilines is 2. The van der Waals surface area contributed by atoms with Gasteiger partial charge in [-0.15, -0.1) is 0 Å². The molecule has 6 heteroatoms. The minimum Gasteiger partial charge on any atom is -0.368 e. The third kappa shape index (κ3) is 2.89. The van der Waals surface area contributed by atoms with Crippen molar-refractivity contribution in [2.75, 3.05) is 22.6 Å². The van der Waals surface area contributed by atoms with Crippen LogP contribution in [0.4, 0.5) is 11.8 Å². The van der Waals surface area contributed by atoms with Gasteiger partial charge in [-0.3, -0.25) is 4.21 Å². The maximum atomic E-state index is 11.2. The Hall–Kier alpha value is -1.17. The molecule has 1 aromatic heterocycles. The molecule has 2 heterocycles. The van der Waals surface area contributed by atoms with Crippen LogP contribution in [0.1, 0.15) is 12.8 Å². The van der Waals surface area contributed by atoms with Crippen molar-refractivity contribution in [1.82, 2.24) is 9.97 Å². The molecule has 0 unspecified atom stereocenters. The van der Waals surface area contributed by atoms with E-state index in [9.17, 15) is 4.21 Å². The number of aromatic nitrogens is 2. The zero-order valence-electron chi connectivity index (χ0n) is 8.35. The van der Waals surface area contributed by atoms with Crippen molar-refractivity contribution in [2.45, 2.75) is 18.9 Å². The predicted molar refractivity (Wildman–Crippen MR) is 61.0 cm³/mol. The molecule has 1 saturated heterocycles. The number of rotatable bonds is 2. The molecule has 82 valence electrons. The highest BCUT2D eigenvalue weighted by molar-refractivity contribution is 7.85. The molecule has 0 amide bonds. The summed E-state index contributed by atoms with van der Waals surface area (Å²) in [6, 6.07) is 2.15. The number of nitrogens with zero attached hydrogens (tertiary/aromatic N) is 2. The van der Waals surface area contributed by atoms with E-state index in [1.54, 1.807) is 12.3 Å². The summed E-state index contributed by atoms with van der Waals surface area (Å²) in [7, 11) is -0.621. The Labute approximate surface area is 91.0 Å². The summed E-state index contributed by atoms with van der Waals surface area (Å²) in [6.45, 7) is 0. The van der Waals surface area contributed by atoms with Gasteiger partial charge in [-0.1, -0.05) is 0 Å². The van der Waals surface area contributed by atoms with E-state index in [-0.39, 0.29) is 5.95 Å². The molecule has 0 atom stereocenters. The van der Waals surface area contributed by atoms with Crippen LogP contribution in [0.25, 0.3) is 0 Å². The van der Waals surface area contributed by atoms with Crippen LogP contribution >= 0.6 is 0 Å². The van der Waals surface area contributed by atoms with Crippen LogP contribution in [0, 0.1) is 0 Å². The number of nitrogens with two attached hydrogens (primary N) is 1. The Morgan fingerprint density at radius 2 is 2.20 bits per heavy atom. The molecule has 3 N–H and O–H groups in total. The minimum absolute atomic E-state index is 0.277. The van der Waals surface area contributed by atoms with Crippen LogP contribution in [0.15, 0.2) is 12.3 Å². The fourth-order valence-electron chi connectivity index (χ4n) is 1.60. The van der Waals surface area contributed by atoms with Gasteiger partial charge in [0.2, 0.25) is 5.95 Å². The van der Waals surface area contributed by atoms with Crippen LogP contribution in [-0.2, 0) is 10.8 Å². The van der Waals surface area contributed by atoms with Crippen LogP contribution in [0.5, 0.6) is 0 Å². The SMILES string of the molecule is Nc1nccc(NC2CCS(=O)CC2)n1. The van der Waals surface area contributed by atoms with E-state index in [1.807, 2.05) is 0 Å². The smallest absolute Gasteiger partial charge is 0.221 e. The summed E-state index contributed by atoms with van der Waals surface area (Å²) in [5.74, 6) is 2.58. The normalized spacial score (nSPS) is 26.1. The highest BCUT2D eigenvalue weighted by Gasteiger charge is 2.17. The lowest BCUT2D eigenvalue weighted by Gasteiger charge is -2.22. The van der Waals surface area contributed by atoms with E-state index < -0.39 is 10.8 Å². The van der Waals surface area contributed by atoms with Gasteiger partial charge in [0.1, 0.15) is 5.82 Å². The molecule has 0 radical (unpaired) electrons. The van der Waals surface area contributed by atoms with Crippen LogP contribution in [0.3, 0.4) is 0 Å². The Morgan fingerprint density at radius 1 is 1.47 bits per heavy atom. The quantitative estimate of drug-likeness (QED) is 0.762. The van der Waals surface area contributed by atoms with Gasteiger partial charge in [0, 0.05) is 34.5 Å². The van der Waals surface area contributed by atoms with Crippen molar-refractivity contribution in [3.63, 3.8) is 0 Å². The molecule has 0 bridgehead atoms. The lowest BCUT2D eigenvalue weighted by Crippen LogP contribution is -2.29. The molecule has 1 fully saturated rings. The van der Waals surface area contributed by atoms with E-state index in [0.717, 1.165) is 30.2 Å². The molecular weight excluding hydrogens is 212 g/mol. The average Bonchev–Trinajstić information content (AvgIpc) is 2.22. The first kappa shape index (κ1) is 10.4. The topological polar surface area (TPSA) is 80.9 Å². The Morgan fingerprint density at radius 3 is 2.87 bits per heavy atom. The average molecular weight is 226 g/mol. The lowest BCUT2D eigenvalue weighted by atomic mass is 10.1. The molecule has 1 aromatic rings. The third-order valence-corrected chi connectivity index (χ3v) is 3.80. The predicted octanol–water partition coefficient (Wildman–Crippen LogP) is 0.382. The van der Waals surface area contributed by atoms with E-state index in [1.165, 1.54) is 0 Å².